The summed E-state index contributed by atoms with van der Waals surface area (Å²) in [5.74, 6) is -1.95. The first-order valence-corrected chi connectivity index (χ1v) is 15.0. The molecule has 0 bridgehead atoms. The number of ether oxygens (including phenoxy) is 1. The molecular formula is C32H23N3O5S2. The van der Waals surface area contributed by atoms with Gasteiger partial charge in [0.05, 0.1) is 16.6 Å². The molecule has 1 fully saturated rings. The first-order valence-electron chi connectivity index (χ1n) is 13.3. The van der Waals surface area contributed by atoms with Gasteiger partial charge in [0.1, 0.15) is 11.0 Å². The minimum absolute atomic E-state index is 0.259. The lowest BCUT2D eigenvalue weighted by atomic mass is 9.82. The van der Waals surface area contributed by atoms with Crippen molar-refractivity contribution in [2.45, 2.75) is 16.2 Å². The smallest absolute Gasteiger partial charge is 0.305 e. The number of benzene rings is 4. The van der Waals surface area contributed by atoms with E-state index in [-0.39, 0.29) is 29.2 Å². The van der Waals surface area contributed by atoms with Gasteiger partial charge in [-0.2, -0.15) is 0 Å². The van der Waals surface area contributed by atoms with Gasteiger partial charge in [-0.25, -0.2) is 4.90 Å². The predicted octanol–water partition coefficient (Wildman–Crippen LogP) is 5.40. The lowest BCUT2D eigenvalue weighted by Gasteiger charge is -2.30. The molecular weight excluding hydrogens is 571 g/mol. The van der Waals surface area contributed by atoms with E-state index in [1.165, 1.54) is 16.7 Å². The van der Waals surface area contributed by atoms with E-state index >= 15 is 0 Å². The highest BCUT2D eigenvalue weighted by atomic mass is 32.2. The molecule has 0 aliphatic carbocycles. The molecule has 42 heavy (non-hydrogen) atoms. The molecule has 1 saturated heterocycles. The molecule has 4 aromatic carbocycles. The zero-order valence-corrected chi connectivity index (χ0v) is 23.6. The molecule has 0 spiro atoms. The van der Waals surface area contributed by atoms with Crippen LogP contribution in [-0.4, -0.2) is 34.6 Å². The Balaban J connectivity index is 1.21. The summed E-state index contributed by atoms with van der Waals surface area (Å²) in [5, 5.41) is 4.72. The third-order valence-electron chi connectivity index (χ3n) is 7.51. The van der Waals surface area contributed by atoms with Gasteiger partial charge < -0.3 is 15.0 Å². The Morgan fingerprint density at radius 3 is 2.45 bits per heavy atom. The first-order chi connectivity index (χ1) is 20.5. The number of hydrogen-bond donors (Lipinski definition) is 2. The molecule has 8 nitrogen and oxygen atoms in total. The Morgan fingerprint density at radius 2 is 1.60 bits per heavy atom. The first kappa shape index (κ1) is 26.2. The van der Waals surface area contributed by atoms with E-state index in [2.05, 4.69) is 10.3 Å². The number of nitrogens with zero attached hydrogens (tertiary/aromatic N) is 1. The minimum atomic E-state index is -0.754. The Morgan fingerprint density at radius 1 is 0.857 bits per heavy atom. The highest BCUT2D eigenvalue weighted by Crippen LogP contribution is 2.54. The fraction of sp³-hybridized carbons (Fsp3) is 0.125. The van der Waals surface area contributed by atoms with Gasteiger partial charge in [0.2, 0.25) is 11.8 Å². The van der Waals surface area contributed by atoms with Gasteiger partial charge in [0.15, 0.2) is 6.61 Å². The summed E-state index contributed by atoms with van der Waals surface area (Å²) in [6.07, 6.45) is 0. The maximum Gasteiger partial charge on any atom is 0.305 e. The van der Waals surface area contributed by atoms with E-state index in [9.17, 15) is 19.2 Å². The van der Waals surface area contributed by atoms with E-state index in [1.54, 1.807) is 36.4 Å². The van der Waals surface area contributed by atoms with Crippen LogP contribution in [0.3, 0.4) is 0 Å². The van der Waals surface area contributed by atoms with Crippen LogP contribution in [0.1, 0.15) is 16.4 Å². The number of nitrogens with one attached hydrogen (secondary N) is 2. The highest BCUT2D eigenvalue weighted by molar-refractivity contribution is 8.00. The van der Waals surface area contributed by atoms with Crippen molar-refractivity contribution >= 4 is 63.0 Å². The second-order valence-electron chi connectivity index (χ2n) is 10.00. The third-order valence-corrected chi connectivity index (χ3v) is 9.92. The van der Waals surface area contributed by atoms with Crippen molar-refractivity contribution in [1.29, 1.82) is 0 Å². The standard InChI is InChI=1S/C32H23N3O5S2/c36-24(33-22-15-8-10-18-9-4-5-13-20(18)22)17-40-23-16-7-6-14-21(23)25-26-28(41-29-27(25)42-32(39)34-29)31(38)35(30(26)37)19-11-2-1-3-12-19/h1-16,25-26,28H,17H2,(H,33,36)(H,34,39). The number of aromatic nitrogens is 1. The zero-order valence-electron chi connectivity index (χ0n) is 22.0. The van der Waals surface area contributed by atoms with Gasteiger partial charge in [0, 0.05) is 27.4 Å². The third kappa shape index (κ3) is 4.49. The topological polar surface area (TPSA) is 109 Å². The predicted molar refractivity (Wildman–Crippen MR) is 163 cm³/mol. The van der Waals surface area contributed by atoms with Crippen LogP contribution in [0.25, 0.3) is 10.8 Å². The number of amides is 3. The quantitative estimate of drug-likeness (QED) is 0.255. The molecule has 3 amide bonds. The van der Waals surface area contributed by atoms with Crippen molar-refractivity contribution in [2.75, 3.05) is 16.8 Å². The van der Waals surface area contributed by atoms with Crippen molar-refractivity contribution in [3.63, 3.8) is 0 Å². The summed E-state index contributed by atoms with van der Waals surface area (Å²) in [5.41, 5.74) is 1.83. The molecule has 0 radical (unpaired) electrons. The lowest BCUT2D eigenvalue weighted by molar-refractivity contribution is -0.122. The van der Waals surface area contributed by atoms with Crippen LogP contribution in [0.2, 0.25) is 0 Å². The monoisotopic (exact) mass is 593 g/mol. The number of H-pyrrole nitrogens is 1. The number of aromatic amines is 1. The molecule has 3 unspecified atom stereocenters. The SMILES string of the molecule is O=C(COc1ccccc1C1c2sc(=O)[nH]c2SC2C(=O)N(c3ccccc3)C(=O)C21)Nc1cccc2ccccc12. The Kier molecular flexibility index (Phi) is 6.64. The second kappa shape index (κ2) is 10.6. The van der Waals surface area contributed by atoms with E-state index in [0.717, 1.165) is 22.1 Å². The van der Waals surface area contributed by atoms with Crippen molar-refractivity contribution < 1.29 is 19.1 Å². The molecule has 2 N–H and O–H groups in total. The number of thiazole rings is 1. The number of carbonyl (C=O) groups excluding carboxylic acids is 3. The molecule has 10 heteroatoms. The molecule has 3 heterocycles. The van der Waals surface area contributed by atoms with Gasteiger partial charge in [-0.3, -0.25) is 19.2 Å². The molecule has 3 atom stereocenters. The molecule has 5 aromatic rings. The maximum absolute atomic E-state index is 13.9. The highest BCUT2D eigenvalue weighted by Gasteiger charge is 2.56. The molecule has 0 saturated carbocycles. The van der Waals surface area contributed by atoms with Crippen LogP contribution in [0.15, 0.2) is 107 Å². The largest absolute Gasteiger partial charge is 0.483 e. The van der Waals surface area contributed by atoms with E-state index < -0.39 is 17.1 Å². The van der Waals surface area contributed by atoms with E-state index in [0.29, 0.717) is 32.6 Å². The maximum atomic E-state index is 13.9. The molecule has 2 aliphatic rings. The summed E-state index contributed by atoms with van der Waals surface area (Å²) in [6.45, 7) is -0.269. The number of carbonyl (C=O) groups is 3. The van der Waals surface area contributed by atoms with Crippen LogP contribution in [0, 0.1) is 5.92 Å². The summed E-state index contributed by atoms with van der Waals surface area (Å²) < 4.78 is 6.07. The van der Waals surface area contributed by atoms with Gasteiger partial charge in [-0.15, -0.1) is 0 Å². The molecule has 7 rings (SSSR count). The second-order valence-corrected chi connectivity index (χ2v) is 12.2. The molecule has 208 valence electrons. The number of anilines is 2. The van der Waals surface area contributed by atoms with Crippen LogP contribution < -0.4 is 19.8 Å². The van der Waals surface area contributed by atoms with Crippen LogP contribution in [0.4, 0.5) is 11.4 Å². The summed E-state index contributed by atoms with van der Waals surface area (Å²) in [6, 6.07) is 29.5. The Hall–Kier alpha value is -4.67. The number of thioether (sulfide) groups is 1. The normalized spacial score (nSPS) is 19.4. The van der Waals surface area contributed by atoms with Crippen molar-refractivity contribution in [1.82, 2.24) is 4.98 Å². The Bertz CT molecular complexity index is 1910. The average molecular weight is 594 g/mol. The fourth-order valence-electron chi connectivity index (χ4n) is 5.72. The number of imide groups is 1. The van der Waals surface area contributed by atoms with Crippen molar-refractivity contribution in [3.8, 4) is 5.75 Å². The summed E-state index contributed by atoms with van der Waals surface area (Å²) in [7, 11) is 0. The van der Waals surface area contributed by atoms with Crippen LogP contribution >= 0.6 is 23.1 Å². The van der Waals surface area contributed by atoms with Gasteiger partial charge >= 0.3 is 4.87 Å². The summed E-state index contributed by atoms with van der Waals surface area (Å²) in [4.78, 5) is 57.5. The zero-order chi connectivity index (χ0) is 28.8. The molecule has 1 aromatic heterocycles. The number of rotatable bonds is 6. The number of hydrogen-bond acceptors (Lipinski definition) is 7. The average Bonchev–Trinajstić information content (AvgIpc) is 3.51. The molecule has 2 aliphatic heterocycles. The van der Waals surface area contributed by atoms with Crippen LogP contribution in [-0.2, 0) is 14.4 Å². The van der Waals surface area contributed by atoms with E-state index in [1.807, 2.05) is 60.7 Å². The lowest BCUT2D eigenvalue weighted by Crippen LogP contribution is -2.32. The van der Waals surface area contributed by atoms with Crippen LogP contribution in [0.5, 0.6) is 5.75 Å². The fourth-order valence-corrected chi connectivity index (χ4v) is 8.22. The Labute approximate surface area is 248 Å². The van der Waals surface area contributed by atoms with Gasteiger partial charge in [-0.05, 0) is 29.7 Å². The number of para-hydroxylation sites is 2. The van der Waals surface area contributed by atoms with E-state index in [4.69, 9.17) is 4.74 Å². The van der Waals surface area contributed by atoms with Crippen molar-refractivity contribution in [2.24, 2.45) is 5.92 Å². The minimum Gasteiger partial charge on any atom is -0.483 e. The summed E-state index contributed by atoms with van der Waals surface area (Å²) >= 11 is 2.25. The number of fused-ring (bicyclic) bond motifs is 3. The van der Waals surface area contributed by atoms with Crippen molar-refractivity contribution in [3.05, 3.63) is 117 Å². The van der Waals surface area contributed by atoms with Gasteiger partial charge in [0.25, 0.3) is 5.91 Å². The van der Waals surface area contributed by atoms with Gasteiger partial charge in [-0.1, -0.05) is 95.9 Å².